The third-order valence-electron chi connectivity index (χ3n) is 2.67. The standard InChI is InChI=1S/C13H19N3O/c1-10(13(2,3)4)16-12(17)6-5-11-7-8-14-9-15-11/h5-10H,1-4H3,(H,16,17). The maximum atomic E-state index is 11.6. The molecule has 0 spiro atoms. The molecule has 4 nitrogen and oxygen atoms in total. The highest BCUT2D eigenvalue weighted by Crippen LogP contribution is 2.18. The number of hydrogen-bond donors (Lipinski definition) is 1. The molecular formula is C13H19N3O. The summed E-state index contributed by atoms with van der Waals surface area (Å²) >= 11 is 0. The number of carbonyl (C=O) groups is 1. The Morgan fingerprint density at radius 1 is 1.47 bits per heavy atom. The van der Waals surface area contributed by atoms with E-state index in [1.807, 2.05) is 6.92 Å². The lowest BCUT2D eigenvalue weighted by atomic mass is 9.88. The molecule has 1 heterocycles. The van der Waals surface area contributed by atoms with E-state index in [4.69, 9.17) is 0 Å². The molecule has 17 heavy (non-hydrogen) atoms. The summed E-state index contributed by atoms with van der Waals surface area (Å²) in [4.78, 5) is 19.4. The zero-order valence-corrected chi connectivity index (χ0v) is 10.8. The van der Waals surface area contributed by atoms with Gasteiger partial charge in [0, 0.05) is 18.3 Å². The SMILES string of the molecule is CC(NC(=O)C=Cc1ccncn1)C(C)(C)C. The molecule has 0 fully saturated rings. The summed E-state index contributed by atoms with van der Waals surface area (Å²) in [5, 5.41) is 2.92. The van der Waals surface area contributed by atoms with Gasteiger partial charge in [0.15, 0.2) is 0 Å². The van der Waals surface area contributed by atoms with E-state index in [-0.39, 0.29) is 17.4 Å². The molecule has 0 aromatic carbocycles. The van der Waals surface area contributed by atoms with Gasteiger partial charge in [-0.05, 0) is 24.5 Å². The molecule has 4 heteroatoms. The Morgan fingerprint density at radius 3 is 2.71 bits per heavy atom. The van der Waals surface area contributed by atoms with Gasteiger partial charge in [-0.1, -0.05) is 20.8 Å². The van der Waals surface area contributed by atoms with Crippen molar-refractivity contribution < 1.29 is 4.79 Å². The van der Waals surface area contributed by atoms with Crippen molar-refractivity contribution in [3.8, 4) is 0 Å². The van der Waals surface area contributed by atoms with Crippen molar-refractivity contribution in [3.05, 3.63) is 30.4 Å². The molecule has 0 aliphatic carbocycles. The van der Waals surface area contributed by atoms with E-state index in [1.165, 1.54) is 12.4 Å². The van der Waals surface area contributed by atoms with Crippen LogP contribution in [0.4, 0.5) is 0 Å². The van der Waals surface area contributed by atoms with Crippen molar-refractivity contribution in [2.45, 2.75) is 33.7 Å². The van der Waals surface area contributed by atoms with E-state index in [2.05, 4.69) is 36.1 Å². The Morgan fingerprint density at radius 2 is 2.18 bits per heavy atom. The fourth-order valence-electron chi connectivity index (χ4n) is 1.04. The average molecular weight is 233 g/mol. The van der Waals surface area contributed by atoms with Crippen molar-refractivity contribution in [1.82, 2.24) is 15.3 Å². The molecule has 1 N–H and O–H groups in total. The van der Waals surface area contributed by atoms with Gasteiger partial charge in [0.05, 0.1) is 5.69 Å². The zero-order chi connectivity index (χ0) is 12.9. The minimum atomic E-state index is -0.106. The zero-order valence-electron chi connectivity index (χ0n) is 10.8. The van der Waals surface area contributed by atoms with Crippen LogP contribution in [-0.2, 0) is 4.79 Å². The van der Waals surface area contributed by atoms with Crippen molar-refractivity contribution in [2.24, 2.45) is 5.41 Å². The molecule has 0 saturated heterocycles. The second kappa shape index (κ2) is 5.57. The van der Waals surface area contributed by atoms with Gasteiger partial charge in [0.2, 0.25) is 5.91 Å². The second-order valence-corrected chi connectivity index (χ2v) is 5.06. The van der Waals surface area contributed by atoms with Crippen molar-refractivity contribution in [3.63, 3.8) is 0 Å². The maximum absolute atomic E-state index is 11.6. The lowest BCUT2D eigenvalue weighted by Crippen LogP contribution is -2.40. The lowest BCUT2D eigenvalue weighted by Gasteiger charge is -2.27. The van der Waals surface area contributed by atoms with Crippen LogP contribution < -0.4 is 5.32 Å². The third-order valence-corrected chi connectivity index (χ3v) is 2.67. The van der Waals surface area contributed by atoms with Gasteiger partial charge in [-0.25, -0.2) is 9.97 Å². The Bertz CT molecular complexity index is 393. The first-order valence-corrected chi connectivity index (χ1v) is 5.64. The molecule has 1 rings (SSSR count). The molecule has 0 bridgehead atoms. The van der Waals surface area contributed by atoms with Gasteiger partial charge < -0.3 is 5.32 Å². The van der Waals surface area contributed by atoms with Crippen LogP contribution >= 0.6 is 0 Å². The van der Waals surface area contributed by atoms with Crippen LogP contribution in [0.15, 0.2) is 24.7 Å². The van der Waals surface area contributed by atoms with E-state index in [0.29, 0.717) is 0 Å². The molecule has 1 aromatic heterocycles. The summed E-state index contributed by atoms with van der Waals surface area (Å²) in [6, 6.07) is 1.86. The molecule has 1 amide bonds. The smallest absolute Gasteiger partial charge is 0.244 e. The van der Waals surface area contributed by atoms with Gasteiger partial charge >= 0.3 is 0 Å². The molecule has 1 aromatic rings. The summed E-state index contributed by atoms with van der Waals surface area (Å²) in [6.45, 7) is 8.26. The highest BCUT2D eigenvalue weighted by atomic mass is 16.1. The van der Waals surface area contributed by atoms with Gasteiger partial charge in [-0.15, -0.1) is 0 Å². The highest BCUT2D eigenvalue weighted by Gasteiger charge is 2.20. The van der Waals surface area contributed by atoms with Crippen LogP contribution in [0.25, 0.3) is 6.08 Å². The Kier molecular flexibility index (Phi) is 4.37. The minimum Gasteiger partial charge on any atom is -0.350 e. The Hall–Kier alpha value is -1.71. The molecular weight excluding hydrogens is 214 g/mol. The lowest BCUT2D eigenvalue weighted by molar-refractivity contribution is -0.117. The van der Waals surface area contributed by atoms with E-state index >= 15 is 0 Å². The first kappa shape index (κ1) is 13.4. The highest BCUT2D eigenvalue weighted by molar-refractivity contribution is 5.91. The molecule has 0 aliphatic heterocycles. The fraction of sp³-hybridized carbons (Fsp3) is 0.462. The van der Waals surface area contributed by atoms with Crippen LogP contribution in [0, 0.1) is 5.41 Å². The summed E-state index contributed by atoms with van der Waals surface area (Å²) in [5.41, 5.74) is 0.775. The van der Waals surface area contributed by atoms with E-state index < -0.39 is 0 Å². The monoisotopic (exact) mass is 233 g/mol. The first-order valence-electron chi connectivity index (χ1n) is 5.64. The second-order valence-electron chi connectivity index (χ2n) is 5.06. The van der Waals surface area contributed by atoms with Crippen molar-refractivity contribution >= 4 is 12.0 Å². The first-order chi connectivity index (χ1) is 7.89. The third kappa shape index (κ3) is 4.76. The number of hydrogen-bond acceptors (Lipinski definition) is 3. The number of rotatable bonds is 3. The van der Waals surface area contributed by atoms with Crippen molar-refractivity contribution in [1.29, 1.82) is 0 Å². The largest absolute Gasteiger partial charge is 0.350 e. The normalized spacial score (nSPS) is 13.6. The summed E-state index contributed by atoms with van der Waals surface area (Å²) in [6.07, 6.45) is 6.26. The van der Waals surface area contributed by atoms with Crippen LogP contribution in [-0.4, -0.2) is 21.9 Å². The molecule has 0 aliphatic rings. The predicted molar refractivity (Wildman–Crippen MR) is 68.1 cm³/mol. The van der Waals surface area contributed by atoms with Gasteiger partial charge in [0.25, 0.3) is 0 Å². The van der Waals surface area contributed by atoms with E-state index in [0.717, 1.165) is 5.69 Å². The maximum Gasteiger partial charge on any atom is 0.244 e. The Balaban J connectivity index is 2.54. The topological polar surface area (TPSA) is 54.9 Å². The quantitative estimate of drug-likeness (QED) is 0.813. The number of nitrogens with zero attached hydrogens (tertiary/aromatic N) is 2. The number of amides is 1. The van der Waals surface area contributed by atoms with E-state index in [1.54, 1.807) is 18.3 Å². The summed E-state index contributed by atoms with van der Waals surface area (Å²) in [5.74, 6) is -0.106. The van der Waals surface area contributed by atoms with Crippen LogP contribution in [0.3, 0.4) is 0 Å². The van der Waals surface area contributed by atoms with Crippen LogP contribution in [0.1, 0.15) is 33.4 Å². The Labute approximate surface area is 102 Å². The number of carbonyl (C=O) groups excluding carboxylic acids is 1. The molecule has 92 valence electrons. The van der Waals surface area contributed by atoms with Crippen molar-refractivity contribution in [2.75, 3.05) is 0 Å². The fourth-order valence-corrected chi connectivity index (χ4v) is 1.04. The number of aromatic nitrogens is 2. The molecule has 0 saturated carbocycles. The van der Waals surface area contributed by atoms with Gasteiger partial charge in [0.1, 0.15) is 6.33 Å². The molecule has 1 unspecified atom stereocenters. The molecule has 1 atom stereocenters. The predicted octanol–water partition coefficient (Wildman–Crippen LogP) is 2.04. The van der Waals surface area contributed by atoms with Crippen LogP contribution in [0.2, 0.25) is 0 Å². The van der Waals surface area contributed by atoms with Gasteiger partial charge in [-0.3, -0.25) is 4.79 Å². The molecule has 0 radical (unpaired) electrons. The summed E-state index contributed by atoms with van der Waals surface area (Å²) < 4.78 is 0. The van der Waals surface area contributed by atoms with Crippen LogP contribution in [0.5, 0.6) is 0 Å². The average Bonchev–Trinajstić information content (AvgIpc) is 2.26. The van der Waals surface area contributed by atoms with Gasteiger partial charge in [-0.2, -0.15) is 0 Å². The number of nitrogens with one attached hydrogen (secondary N) is 1. The van der Waals surface area contributed by atoms with E-state index in [9.17, 15) is 4.79 Å². The minimum absolute atomic E-state index is 0.0540. The summed E-state index contributed by atoms with van der Waals surface area (Å²) in [7, 11) is 0.